The van der Waals surface area contributed by atoms with Crippen molar-refractivity contribution >= 4 is 28.6 Å². The van der Waals surface area contributed by atoms with Gasteiger partial charge in [0.2, 0.25) is 5.95 Å². The van der Waals surface area contributed by atoms with Gasteiger partial charge in [0.25, 0.3) is 5.91 Å². The van der Waals surface area contributed by atoms with Gasteiger partial charge >= 0.3 is 0 Å². The second-order valence-electron chi connectivity index (χ2n) is 14.8. The van der Waals surface area contributed by atoms with Crippen molar-refractivity contribution < 1.29 is 14.6 Å². The van der Waals surface area contributed by atoms with E-state index in [9.17, 15) is 9.90 Å². The first-order valence-electron chi connectivity index (χ1n) is 18.0. The van der Waals surface area contributed by atoms with Gasteiger partial charge in [-0.3, -0.25) is 20.1 Å². The number of aliphatic hydroxyl groups excluding tert-OH is 1. The molecular weight excluding hydrogens is 616 g/mol. The molecule has 11 heteroatoms. The Hall–Kier alpha value is -4.06. The van der Waals surface area contributed by atoms with Crippen molar-refractivity contribution in [2.75, 3.05) is 63.6 Å². The van der Waals surface area contributed by atoms with Crippen LogP contribution in [0.2, 0.25) is 0 Å². The number of likely N-dealkylation sites (tertiary alicyclic amines) is 2. The summed E-state index contributed by atoms with van der Waals surface area (Å²) in [5.41, 5.74) is 5.49. The molecule has 2 N–H and O–H groups in total. The maximum absolute atomic E-state index is 13.8. The molecule has 0 radical (unpaired) electrons. The second kappa shape index (κ2) is 13.3. The lowest BCUT2D eigenvalue weighted by molar-refractivity contribution is -0.0419. The molecule has 1 amide bonds. The number of imidazole rings is 1. The Labute approximate surface area is 288 Å². The summed E-state index contributed by atoms with van der Waals surface area (Å²) in [6.07, 6.45) is 12.9. The second-order valence-corrected chi connectivity index (χ2v) is 14.8. The van der Waals surface area contributed by atoms with Gasteiger partial charge in [0.05, 0.1) is 35.5 Å². The van der Waals surface area contributed by atoms with E-state index in [1.165, 1.54) is 57.5 Å². The lowest BCUT2D eigenvalue weighted by atomic mass is 9.72. The van der Waals surface area contributed by atoms with Crippen LogP contribution in [-0.4, -0.2) is 106 Å². The van der Waals surface area contributed by atoms with Gasteiger partial charge in [-0.15, -0.1) is 0 Å². The average Bonchev–Trinajstić information content (AvgIpc) is 3.48. The van der Waals surface area contributed by atoms with Gasteiger partial charge in [-0.25, -0.2) is 4.98 Å². The normalized spacial score (nSPS) is 23.4. The molecule has 11 nitrogen and oxygen atoms in total. The van der Waals surface area contributed by atoms with E-state index in [0.717, 1.165) is 55.4 Å². The standard InChI is InChI=1S/C38H48N8O3/c1-43-24-38(25-43)13-19-45(20-14-38)27-11-17-44(18-12-27)29-5-8-32-34(22-29)46(28-3-6-30(47)7-4-28)37(41-32)42-36(48)26-9-16-40-33(21-26)31-23-39-15-10-35(31)49-2/h5,8-10,15-16,21-23,27-28,30,47H,3-4,6-7,11-14,17-20,24-25H2,1-2H3,(H,41,42,48)/t28-,30+. The topological polar surface area (TPSA) is 112 Å². The SMILES string of the molecule is COc1ccncc1-c1cc(C(=O)Nc2nc3ccc(N4CCC(N5CCC6(CC5)CN(C)C6)CC4)cc3n2[C@H]2CC[C@@H](O)CC2)ccn1. The van der Waals surface area contributed by atoms with Gasteiger partial charge in [0.1, 0.15) is 5.75 Å². The van der Waals surface area contributed by atoms with E-state index in [4.69, 9.17) is 9.72 Å². The average molecular weight is 665 g/mol. The molecule has 3 saturated heterocycles. The molecular formula is C38H48N8O3. The number of hydrogen-bond acceptors (Lipinski definition) is 9. The van der Waals surface area contributed by atoms with Crippen molar-refractivity contribution in [3.8, 4) is 17.0 Å². The number of pyridine rings is 2. The van der Waals surface area contributed by atoms with Crippen molar-refractivity contribution in [2.45, 2.75) is 69.6 Å². The van der Waals surface area contributed by atoms with Crippen LogP contribution in [0.5, 0.6) is 5.75 Å². The molecule has 0 atom stereocenters. The summed E-state index contributed by atoms with van der Waals surface area (Å²) in [5, 5.41) is 13.5. The van der Waals surface area contributed by atoms with Gasteiger partial charge in [0.15, 0.2) is 0 Å². The number of carbonyl (C=O) groups excluding carboxylic acids is 1. The lowest BCUT2D eigenvalue weighted by Crippen LogP contribution is -2.60. The number of fused-ring (bicyclic) bond motifs is 1. The minimum atomic E-state index is -0.277. The number of piperidine rings is 2. The Balaban J connectivity index is 1.01. The van der Waals surface area contributed by atoms with E-state index in [2.05, 4.69) is 59.8 Å². The van der Waals surface area contributed by atoms with Crippen LogP contribution < -0.4 is 15.0 Å². The highest BCUT2D eigenvalue weighted by Crippen LogP contribution is 2.41. The first-order valence-corrected chi connectivity index (χ1v) is 18.0. The Morgan fingerprint density at radius 3 is 2.45 bits per heavy atom. The summed E-state index contributed by atoms with van der Waals surface area (Å²) in [6.45, 7) is 7.12. The summed E-state index contributed by atoms with van der Waals surface area (Å²) in [5.74, 6) is 0.923. The molecule has 0 unspecified atom stereocenters. The predicted octanol–water partition coefficient (Wildman–Crippen LogP) is 5.23. The Morgan fingerprint density at radius 2 is 1.71 bits per heavy atom. The van der Waals surface area contributed by atoms with E-state index in [0.29, 0.717) is 34.4 Å². The number of nitrogens with zero attached hydrogens (tertiary/aromatic N) is 7. The van der Waals surface area contributed by atoms with Crippen molar-refractivity contribution in [2.24, 2.45) is 5.41 Å². The number of anilines is 2. The smallest absolute Gasteiger partial charge is 0.258 e. The summed E-state index contributed by atoms with van der Waals surface area (Å²) < 4.78 is 7.71. The van der Waals surface area contributed by atoms with Crippen molar-refractivity contribution in [1.82, 2.24) is 29.3 Å². The summed E-state index contributed by atoms with van der Waals surface area (Å²) in [7, 11) is 3.85. The van der Waals surface area contributed by atoms with Gasteiger partial charge in [-0.05, 0) is 113 Å². The van der Waals surface area contributed by atoms with Crippen LogP contribution in [0.15, 0.2) is 55.0 Å². The number of nitrogens with one attached hydrogen (secondary N) is 1. The number of benzene rings is 1. The molecule has 4 aromatic rings. The van der Waals surface area contributed by atoms with Crippen LogP contribution in [0.1, 0.15) is 67.8 Å². The highest BCUT2D eigenvalue weighted by Gasteiger charge is 2.44. The minimum absolute atomic E-state index is 0.134. The molecule has 6 heterocycles. The third-order valence-electron chi connectivity index (χ3n) is 11.6. The fourth-order valence-corrected chi connectivity index (χ4v) is 8.96. The van der Waals surface area contributed by atoms with E-state index < -0.39 is 0 Å². The van der Waals surface area contributed by atoms with E-state index in [1.54, 1.807) is 43.9 Å². The fourth-order valence-electron chi connectivity index (χ4n) is 8.96. The summed E-state index contributed by atoms with van der Waals surface area (Å²) in [4.78, 5) is 35.2. The monoisotopic (exact) mass is 664 g/mol. The molecule has 3 aromatic heterocycles. The van der Waals surface area contributed by atoms with Crippen molar-refractivity contribution in [3.05, 3.63) is 60.6 Å². The molecule has 1 aliphatic carbocycles. The molecule has 3 aliphatic heterocycles. The molecule has 1 aromatic carbocycles. The number of aliphatic hydroxyl groups is 1. The summed E-state index contributed by atoms with van der Waals surface area (Å²) in [6, 6.07) is 12.6. The van der Waals surface area contributed by atoms with Gasteiger partial charge in [-0.2, -0.15) is 0 Å². The maximum atomic E-state index is 13.8. The van der Waals surface area contributed by atoms with E-state index >= 15 is 0 Å². The zero-order valence-electron chi connectivity index (χ0n) is 28.7. The highest BCUT2D eigenvalue weighted by atomic mass is 16.5. The lowest BCUT2D eigenvalue weighted by Gasteiger charge is -2.54. The number of amides is 1. The molecule has 1 saturated carbocycles. The first-order chi connectivity index (χ1) is 23.9. The molecule has 8 rings (SSSR count). The van der Waals surface area contributed by atoms with E-state index in [-0.39, 0.29) is 18.1 Å². The molecule has 49 heavy (non-hydrogen) atoms. The maximum Gasteiger partial charge on any atom is 0.258 e. The first kappa shape index (κ1) is 32.2. The number of methoxy groups -OCH3 is 1. The van der Waals surface area contributed by atoms with Gasteiger partial charge in [-0.1, -0.05) is 0 Å². The number of ether oxygens (including phenoxy) is 1. The summed E-state index contributed by atoms with van der Waals surface area (Å²) >= 11 is 0. The number of hydrogen-bond donors (Lipinski definition) is 2. The quantitative estimate of drug-likeness (QED) is 0.275. The number of carbonyl (C=O) groups is 1. The fraction of sp³-hybridized carbons (Fsp3) is 0.526. The van der Waals surface area contributed by atoms with Crippen LogP contribution in [0.4, 0.5) is 11.6 Å². The van der Waals surface area contributed by atoms with Crippen LogP contribution in [0.3, 0.4) is 0 Å². The van der Waals surface area contributed by atoms with Crippen molar-refractivity contribution in [3.63, 3.8) is 0 Å². The molecule has 1 spiro atoms. The predicted molar refractivity (Wildman–Crippen MR) is 191 cm³/mol. The van der Waals surface area contributed by atoms with Gasteiger partial charge in [0, 0.05) is 68.1 Å². The molecule has 258 valence electrons. The Kier molecular flexibility index (Phi) is 8.75. The van der Waals surface area contributed by atoms with Crippen LogP contribution in [-0.2, 0) is 0 Å². The van der Waals surface area contributed by atoms with Crippen molar-refractivity contribution in [1.29, 1.82) is 0 Å². The third kappa shape index (κ3) is 6.39. The highest BCUT2D eigenvalue weighted by molar-refractivity contribution is 6.04. The number of rotatable bonds is 7. The third-order valence-corrected chi connectivity index (χ3v) is 11.6. The van der Waals surface area contributed by atoms with Crippen LogP contribution >= 0.6 is 0 Å². The van der Waals surface area contributed by atoms with Crippen LogP contribution in [0, 0.1) is 5.41 Å². The Morgan fingerprint density at radius 1 is 0.939 bits per heavy atom. The van der Waals surface area contributed by atoms with Crippen LogP contribution in [0.25, 0.3) is 22.3 Å². The zero-order chi connectivity index (χ0) is 33.5. The number of aromatic nitrogens is 4. The minimum Gasteiger partial charge on any atom is -0.496 e. The Bertz CT molecular complexity index is 1790. The van der Waals surface area contributed by atoms with E-state index in [1.807, 2.05) is 0 Å². The molecule has 4 aliphatic rings. The zero-order valence-corrected chi connectivity index (χ0v) is 28.7. The largest absolute Gasteiger partial charge is 0.496 e. The van der Waals surface area contributed by atoms with Gasteiger partial charge < -0.3 is 29.1 Å². The molecule has 0 bridgehead atoms. The molecule has 4 fully saturated rings.